The number of carbonyl (C=O) groups is 2. The van der Waals surface area contributed by atoms with Crippen molar-refractivity contribution >= 4 is 23.0 Å². The van der Waals surface area contributed by atoms with Crippen LogP contribution in [0.2, 0.25) is 0 Å². The molecule has 8 heteroatoms. The smallest absolute Gasteiger partial charge is 0.391 e. The molecule has 1 saturated carbocycles. The Bertz CT molecular complexity index is 1040. The summed E-state index contributed by atoms with van der Waals surface area (Å²) in [6.07, 6.45) is -1.38. The number of fused-ring (bicyclic) bond motifs is 1. The lowest BCUT2D eigenvalue weighted by Gasteiger charge is -2.31. The number of hydrogen-bond acceptors (Lipinski definition) is 5. The molecule has 4 rings (SSSR count). The number of alkyl halides is 3. The largest absolute Gasteiger partial charge is 0.490 e. The monoisotopic (exact) mass is 491 g/mol. The van der Waals surface area contributed by atoms with Crippen molar-refractivity contribution in [1.82, 2.24) is 4.90 Å². The molecule has 2 aromatic carbocycles. The van der Waals surface area contributed by atoms with E-state index in [4.69, 9.17) is 9.47 Å². The number of nitrogens with zero attached hydrogens (tertiary/aromatic N) is 1. The SMILES string of the molecule is CCOC(=O)C1CCN(Cc2ccc3c(C=O)c(OC4CCC(C(F)(F)F)CC4)ccc3c2)CC1. The molecule has 2 aliphatic rings. The molecule has 0 bridgehead atoms. The lowest BCUT2D eigenvalue weighted by atomic mass is 9.87. The molecule has 2 fully saturated rings. The maximum absolute atomic E-state index is 12.9. The fraction of sp³-hybridized carbons (Fsp3) is 0.556. The summed E-state index contributed by atoms with van der Waals surface area (Å²) in [4.78, 5) is 26.2. The molecule has 0 unspecified atom stereocenters. The van der Waals surface area contributed by atoms with Crippen LogP contribution in [0.1, 0.15) is 61.4 Å². The summed E-state index contributed by atoms with van der Waals surface area (Å²) in [5, 5.41) is 1.69. The maximum Gasteiger partial charge on any atom is 0.391 e. The molecule has 0 atom stereocenters. The minimum absolute atomic E-state index is 0.0279. The number of piperidine rings is 1. The molecule has 0 radical (unpaired) electrons. The van der Waals surface area contributed by atoms with Crippen LogP contribution in [0.15, 0.2) is 30.3 Å². The molecule has 2 aromatic rings. The Balaban J connectivity index is 1.39. The molecule has 0 spiro atoms. The first kappa shape index (κ1) is 25.5. The molecule has 1 saturated heterocycles. The fourth-order valence-electron chi connectivity index (χ4n) is 5.24. The summed E-state index contributed by atoms with van der Waals surface area (Å²) in [5.74, 6) is -0.971. The van der Waals surface area contributed by atoms with Gasteiger partial charge in [0.15, 0.2) is 6.29 Å². The van der Waals surface area contributed by atoms with Gasteiger partial charge in [0.2, 0.25) is 0 Å². The third kappa shape index (κ3) is 6.15. The van der Waals surface area contributed by atoms with Crippen molar-refractivity contribution in [2.75, 3.05) is 19.7 Å². The van der Waals surface area contributed by atoms with E-state index in [1.807, 2.05) is 25.1 Å². The van der Waals surface area contributed by atoms with E-state index in [1.165, 1.54) is 0 Å². The van der Waals surface area contributed by atoms with Gasteiger partial charge in [-0.15, -0.1) is 0 Å². The van der Waals surface area contributed by atoms with Gasteiger partial charge in [-0.05, 0) is 87.0 Å². The van der Waals surface area contributed by atoms with Crippen molar-refractivity contribution in [3.05, 3.63) is 41.5 Å². The standard InChI is InChI=1S/C27H32F3NO4/c1-2-34-26(33)19-11-13-31(14-12-19)16-18-3-9-23-20(15-18)4-10-25(24(23)17-32)35-22-7-5-21(6-8-22)27(28,29)30/h3-4,9-10,15,17,19,21-22H,2,5-8,11-14,16H2,1H3. The second kappa shape index (κ2) is 11.0. The zero-order valence-corrected chi connectivity index (χ0v) is 20.0. The average Bonchev–Trinajstić information content (AvgIpc) is 2.84. The molecule has 5 nitrogen and oxygen atoms in total. The molecule has 1 aliphatic carbocycles. The zero-order chi connectivity index (χ0) is 25.0. The van der Waals surface area contributed by atoms with Crippen LogP contribution in [0.25, 0.3) is 10.8 Å². The predicted octanol–water partition coefficient (Wildman–Crippen LogP) is 5.93. The van der Waals surface area contributed by atoms with E-state index in [2.05, 4.69) is 11.0 Å². The van der Waals surface area contributed by atoms with Gasteiger partial charge < -0.3 is 9.47 Å². The summed E-state index contributed by atoms with van der Waals surface area (Å²) >= 11 is 0. The van der Waals surface area contributed by atoms with Crippen molar-refractivity contribution in [2.45, 2.75) is 64.3 Å². The van der Waals surface area contributed by atoms with Crippen LogP contribution < -0.4 is 4.74 Å². The number of halogens is 3. The number of likely N-dealkylation sites (tertiary alicyclic amines) is 1. The lowest BCUT2D eigenvalue weighted by molar-refractivity contribution is -0.185. The van der Waals surface area contributed by atoms with Crippen LogP contribution in [0, 0.1) is 11.8 Å². The maximum atomic E-state index is 12.9. The van der Waals surface area contributed by atoms with Crippen molar-refractivity contribution in [3.8, 4) is 5.75 Å². The summed E-state index contributed by atoms with van der Waals surface area (Å²) in [7, 11) is 0. The van der Waals surface area contributed by atoms with Crippen LogP contribution in [-0.4, -0.2) is 49.1 Å². The molecule has 0 aromatic heterocycles. The second-order valence-corrected chi connectivity index (χ2v) is 9.59. The summed E-state index contributed by atoms with van der Waals surface area (Å²) in [6.45, 7) is 4.63. The van der Waals surface area contributed by atoms with Crippen molar-refractivity contribution < 1.29 is 32.2 Å². The highest BCUT2D eigenvalue weighted by Gasteiger charge is 2.41. The zero-order valence-electron chi connectivity index (χ0n) is 20.0. The highest BCUT2D eigenvalue weighted by atomic mass is 19.4. The van der Waals surface area contributed by atoms with E-state index < -0.39 is 12.1 Å². The molecular weight excluding hydrogens is 459 g/mol. The highest BCUT2D eigenvalue weighted by molar-refractivity contribution is 6.01. The quantitative estimate of drug-likeness (QED) is 0.355. The topological polar surface area (TPSA) is 55.8 Å². The first-order valence-corrected chi connectivity index (χ1v) is 12.4. The van der Waals surface area contributed by atoms with Crippen LogP contribution in [-0.2, 0) is 16.1 Å². The van der Waals surface area contributed by atoms with E-state index in [0.717, 1.165) is 55.1 Å². The number of ether oxygens (including phenoxy) is 2. The molecule has 0 N–H and O–H groups in total. The summed E-state index contributed by atoms with van der Waals surface area (Å²) in [6, 6.07) is 9.60. The van der Waals surface area contributed by atoms with Gasteiger partial charge in [0.1, 0.15) is 5.75 Å². The Morgan fingerprint density at radius 3 is 2.40 bits per heavy atom. The minimum Gasteiger partial charge on any atom is -0.490 e. The Labute approximate surface area is 203 Å². The number of esters is 1. The van der Waals surface area contributed by atoms with E-state index >= 15 is 0 Å². The van der Waals surface area contributed by atoms with Gasteiger partial charge in [0.05, 0.1) is 30.1 Å². The Morgan fingerprint density at radius 1 is 1.06 bits per heavy atom. The lowest BCUT2D eigenvalue weighted by Crippen LogP contribution is -2.36. The van der Waals surface area contributed by atoms with Gasteiger partial charge in [-0.1, -0.05) is 18.2 Å². The summed E-state index contributed by atoms with van der Waals surface area (Å²) < 4.78 is 50.0. The third-order valence-corrected chi connectivity index (χ3v) is 7.25. The molecule has 1 heterocycles. The second-order valence-electron chi connectivity index (χ2n) is 9.59. The van der Waals surface area contributed by atoms with Gasteiger partial charge in [-0.3, -0.25) is 14.5 Å². The third-order valence-electron chi connectivity index (χ3n) is 7.25. The molecule has 0 amide bonds. The van der Waals surface area contributed by atoms with Crippen LogP contribution >= 0.6 is 0 Å². The van der Waals surface area contributed by atoms with Gasteiger partial charge in [0.25, 0.3) is 0 Å². The van der Waals surface area contributed by atoms with Crippen LogP contribution in [0.4, 0.5) is 13.2 Å². The predicted molar refractivity (Wildman–Crippen MR) is 126 cm³/mol. The van der Waals surface area contributed by atoms with Gasteiger partial charge in [-0.25, -0.2) is 0 Å². The average molecular weight is 492 g/mol. The number of aldehydes is 1. The van der Waals surface area contributed by atoms with Crippen molar-refractivity contribution in [2.24, 2.45) is 11.8 Å². The number of carbonyl (C=O) groups excluding carboxylic acids is 2. The van der Waals surface area contributed by atoms with E-state index in [-0.39, 0.29) is 30.8 Å². The fourth-order valence-corrected chi connectivity index (χ4v) is 5.24. The first-order chi connectivity index (χ1) is 16.8. The van der Waals surface area contributed by atoms with E-state index in [1.54, 1.807) is 6.07 Å². The summed E-state index contributed by atoms with van der Waals surface area (Å²) in [5.41, 5.74) is 1.55. The van der Waals surface area contributed by atoms with Crippen molar-refractivity contribution in [3.63, 3.8) is 0 Å². The molecule has 1 aliphatic heterocycles. The number of rotatable bonds is 7. The Kier molecular flexibility index (Phi) is 7.99. The normalized spacial score (nSPS) is 22.2. The van der Waals surface area contributed by atoms with Gasteiger partial charge >= 0.3 is 12.1 Å². The van der Waals surface area contributed by atoms with Crippen molar-refractivity contribution in [1.29, 1.82) is 0 Å². The number of hydrogen-bond donors (Lipinski definition) is 0. The Hall–Kier alpha value is -2.61. The molecular formula is C27H32F3NO4. The van der Waals surface area contributed by atoms with Crippen LogP contribution in [0.3, 0.4) is 0 Å². The van der Waals surface area contributed by atoms with E-state index in [9.17, 15) is 22.8 Å². The highest BCUT2D eigenvalue weighted by Crippen LogP contribution is 2.39. The van der Waals surface area contributed by atoms with E-state index in [0.29, 0.717) is 30.8 Å². The molecule has 35 heavy (non-hydrogen) atoms. The van der Waals surface area contributed by atoms with Gasteiger partial charge in [0, 0.05) is 6.54 Å². The molecule has 190 valence electrons. The van der Waals surface area contributed by atoms with Crippen LogP contribution in [0.5, 0.6) is 5.75 Å². The number of benzene rings is 2. The minimum atomic E-state index is -4.16. The van der Waals surface area contributed by atoms with Gasteiger partial charge in [-0.2, -0.15) is 13.2 Å². The Morgan fingerprint density at radius 2 is 1.77 bits per heavy atom. The first-order valence-electron chi connectivity index (χ1n) is 12.4.